The van der Waals surface area contributed by atoms with E-state index >= 15 is 0 Å². The Balaban J connectivity index is 1.79. The molecule has 1 aromatic heterocycles. The average Bonchev–Trinajstić information content (AvgIpc) is 3.16. The van der Waals surface area contributed by atoms with Crippen molar-refractivity contribution in [2.24, 2.45) is 5.73 Å². The summed E-state index contributed by atoms with van der Waals surface area (Å²) < 4.78 is 40.0. The summed E-state index contributed by atoms with van der Waals surface area (Å²) in [5, 5.41) is 0. The normalized spacial score (nSPS) is 17.4. The summed E-state index contributed by atoms with van der Waals surface area (Å²) in [4.78, 5) is 19.3. The van der Waals surface area contributed by atoms with Gasteiger partial charge in [-0.2, -0.15) is 0 Å². The van der Waals surface area contributed by atoms with Gasteiger partial charge in [0.25, 0.3) is 0 Å². The fourth-order valence-corrected chi connectivity index (χ4v) is 4.72. The van der Waals surface area contributed by atoms with Gasteiger partial charge in [0.15, 0.2) is 0 Å². The molecule has 0 spiro atoms. The van der Waals surface area contributed by atoms with Crippen molar-refractivity contribution in [1.82, 2.24) is 14.2 Å². The lowest BCUT2D eigenvalue weighted by Crippen LogP contribution is -2.39. The van der Waals surface area contributed by atoms with Gasteiger partial charge in [0.1, 0.15) is 5.82 Å². The smallest absolute Gasteiger partial charge is 0.323 e. The number of anilines is 2. The van der Waals surface area contributed by atoms with Gasteiger partial charge in [-0.25, -0.2) is 21.9 Å². The Labute approximate surface area is 176 Å². The highest BCUT2D eigenvalue weighted by atomic mass is 32.2. The molecule has 0 radical (unpaired) electrons. The van der Waals surface area contributed by atoms with Crippen molar-refractivity contribution < 1.29 is 17.6 Å². The number of halogens is 1. The molecule has 162 valence electrons. The van der Waals surface area contributed by atoms with Crippen LogP contribution in [-0.4, -0.2) is 60.6 Å². The molecule has 1 atom stereocenters. The number of rotatable bonds is 7. The van der Waals surface area contributed by atoms with Crippen LogP contribution in [0.4, 0.5) is 20.6 Å². The number of nitrogens with zero attached hydrogens (tertiary/aromatic N) is 4. The molecule has 2 heterocycles. The highest BCUT2D eigenvalue weighted by Gasteiger charge is 2.31. The number of hydrogen-bond acceptors (Lipinski definition) is 5. The number of likely N-dealkylation sites (tertiary alicyclic amines) is 1. The maximum atomic E-state index is 14.3. The fraction of sp³-hybridized carbons (Fsp3) is 0.400. The maximum Gasteiger partial charge on any atom is 0.323 e. The van der Waals surface area contributed by atoms with E-state index in [0.29, 0.717) is 43.0 Å². The first-order chi connectivity index (χ1) is 14.2. The van der Waals surface area contributed by atoms with Crippen LogP contribution < -0.4 is 10.6 Å². The first-order valence-corrected chi connectivity index (χ1v) is 11.3. The van der Waals surface area contributed by atoms with E-state index in [0.717, 1.165) is 0 Å². The monoisotopic (exact) mass is 435 g/mol. The van der Waals surface area contributed by atoms with Crippen LogP contribution in [0.2, 0.25) is 0 Å². The van der Waals surface area contributed by atoms with Crippen LogP contribution in [0, 0.1) is 5.82 Å². The molecule has 1 aliphatic rings. The number of carbonyl (C=O) groups is 1. The minimum Gasteiger partial charge on any atom is -0.351 e. The number of sulfonamides is 1. The number of urea groups is 1. The van der Waals surface area contributed by atoms with Crippen LogP contribution in [-0.2, 0) is 16.6 Å². The number of primary amides is 1. The van der Waals surface area contributed by atoms with Crippen molar-refractivity contribution in [3.05, 3.63) is 54.1 Å². The molecule has 2 aromatic rings. The largest absolute Gasteiger partial charge is 0.351 e. The highest BCUT2D eigenvalue weighted by molar-refractivity contribution is 7.89. The highest BCUT2D eigenvalue weighted by Crippen LogP contribution is 2.28. The molecule has 1 saturated heterocycles. The second kappa shape index (κ2) is 9.07. The predicted molar refractivity (Wildman–Crippen MR) is 113 cm³/mol. The predicted octanol–water partition coefficient (Wildman–Crippen LogP) is 2.29. The van der Waals surface area contributed by atoms with E-state index in [1.165, 1.54) is 27.5 Å². The second-order valence-corrected chi connectivity index (χ2v) is 9.61. The number of pyridine rings is 1. The fourth-order valence-electron chi connectivity index (χ4n) is 3.68. The van der Waals surface area contributed by atoms with Crippen molar-refractivity contribution in [2.75, 3.05) is 30.8 Å². The van der Waals surface area contributed by atoms with E-state index in [1.807, 2.05) is 0 Å². The minimum atomic E-state index is -3.26. The molecule has 8 nitrogen and oxygen atoms in total. The van der Waals surface area contributed by atoms with Gasteiger partial charge in [0, 0.05) is 38.9 Å². The Morgan fingerprint density at radius 2 is 2.10 bits per heavy atom. The summed E-state index contributed by atoms with van der Waals surface area (Å²) in [6.07, 6.45) is 3.75. The summed E-state index contributed by atoms with van der Waals surface area (Å²) in [6, 6.07) is 6.84. The number of aromatic nitrogens is 1. The zero-order valence-electron chi connectivity index (χ0n) is 17.0. The third kappa shape index (κ3) is 4.94. The molecule has 0 unspecified atom stereocenters. The SMILES string of the molecule is CCS(=O)(=O)N(C)[C@H]1CCN(Cc2cc(F)cc(N(C(N)=O)c3cccnc3)c2)C1. The van der Waals surface area contributed by atoms with Crippen LogP contribution in [0.5, 0.6) is 0 Å². The van der Waals surface area contributed by atoms with E-state index < -0.39 is 21.9 Å². The van der Waals surface area contributed by atoms with Crippen LogP contribution >= 0.6 is 0 Å². The average molecular weight is 436 g/mol. The second-order valence-electron chi connectivity index (χ2n) is 7.30. The molecule has 30 heavy (non-hydrogen) atoms. The van der Waals surface area contributed by atoms with Gasteiger partial charge in [-0.05, 0) is 49.2 Å². The zero-order chi connectivity index (χ0) is 21.9. The van der Waals surface area contributed by atoms with Crippen LogP contribution in [0.3, 0.4) is 0 Å². The quantitative estimate of drug-likeness (QED) is 0.719. The molecule has 2 amide bonds. The third-order valence-corrected chi connectivity index (χ3v) is 7.20. The zero-order valence-corrected chi connectivity index (χ0v) is 17.8. The number of hydrogen-bond donors (Lipinski definition) is 1. The molecule has 10 heteroatoms. The molecule has 1 fully saturated rings. The summed E-state index contributed by atoms with van der Waals surface area (Å²) in [6.45, 7) is 3.31. The lowest BCUT2D eigenvalue weighted by atomic mass is 10.1. The molecule has 0 aliphatic carbocycles. The Morgan fingerprint density at radius 3 is 2.73 bits per heavy atom. The summed E-state index contributed by atoms with van der Waals surface area (Å²) in [7, 11) is -1.66. The Kier molecular flexibility index (Phi) is 6.69. The topological polar surface area (TPSA) is 99.8 Å². The van der Waals surface area contributed by atoms with Crippen molar-refractivity contribution in [3.63, 3.8) is 0 Å². The van der Waals surface area contributed by atoms with Crippen LogP contribution in [0.15, 0.2) is 42.7 Å². The number of amides is 2. The molecule has 1 aliphatic heterocycles. The van der Waals surface area contributed by atoms with E-state index in [4.69, 9.17) is 5.73 Å². The van der Waals surface area contributed by atoms with Gasteiger partial charge in [0.2, 0.25) is 10.0 Å². The molecule has 0 saturated carbocycles. The van der Waals surface area contributed by atoms with Gasteiger partial charge in [-0.1, -0.05) is 0 Å². The van der Waals surface area contributed by atoms with Crippen molar-refractivity contribution in [1.29, 1.82) is 0 Å². The van der Waals surface area contributed by atoms with E-state index in [2.05, 4.69) is 9.88 Å². The molecule has 0 bridgehead atoms. The Morgan fingerprint density at radius 1 is 1.33 bits per heavy atom. The van der Waals surface area contributed by atoms with E-state index in [-0.39, 0.29) is 11.8 Å². The van der Waals surface area contributed by atoms with Crippen LogP contribution in [0.1, 0.15) is 18.9 Å². The molecule has 2 N–H and O–H groups in total. The first kappa shape index (κ1) is 22.1. The standard InChI is InChI=1S/C20H26FN5O3S/c1-3-30(28,29)24(2)18-6-8-25(14-18)13-15-9-16(21)11-19(10-15)26(20(22)27)17-5-4-7-23-12-17/h4-5,7,9-12,18H,3,6,8,13-14H2,1-2H3,(H2,22,27)/t18-/m0/s1. The number of nitrogens with two attached hydrogens (primary N) is 1. The first-order valence-electron chi connectivity index (χ1n) is 9.68. The number of carbonyl (C=O) groups excluding carboxylic acids is 1. The van der Waals surface area contributed by atoms with Gasteiger partial charge in [-0.15, -0.1) is 0 Å². The van der Waals surface area contributed by atoms with Crippen molar-refractivity contribution >= 4 is 27.4 Å². The number of benzene rings is 1. The maximum absolute atomic E-state index is 14.3. The Bertz CT molecular complexity index is 1000. The van der Waals surface area contributed by atoms with Crippen molar-refractivity contribution in [3.8, 4) is 0 Å². The number of likely N-dealkylation sites (N-methyl/N-ethyl adjacent to an activating group) is 1. The molecule has 1 aromatic carbocycles. The van der Waals surface area contributed by atoms with Crippen LogP contribution in [0.25, 0.3) is 0 Å². The summed E-state index contributed by atoms with van der Waals surface area (Å²) in [5.74, 6) is -0.427. The van der Waals surface area contributed by atoms with E-state index in [1.54, 1.807) is 38.4 Å². The summed E-state index contributed by atoms with van der Waals surface area (Å²) in [5.41, 5.74) is 6.95. The summed E-state index contributed by atoms with van der Waals surface area (Å²) >= 11 is 0. The van der Waals surface area contributed by atoms with Gasteiger partial charge in [0.05, 0.1) is 23.3 Å². The third-order valence-electron chi connectivity index (χ3n) is 5.30. The van der Waals surface area contributed by atoms with Gasteiger partial charge < -0.3 is 5.73 Å². The molecular formula is C20H26FN5O3S. The van der Waals surface area contributed by atoms with E-state index in [9.17, 15) is 17.6 Å². The lowest BCUT2D eigenvalue weighted by Gasteiger charge is -2.24. The van der Waals surface area contributed by atoms with Gasteiger partial charge >= 0.3 is 6.03 Å². The van der Waals surface area contributed by atoms with Gasteiger partial charge in [-0.3, -0.25) is 14.8 Å². The molecular weight excluding hydrogens is 409 g/mol. The Hall–Kier alpha value is -2.56. The van der Waals surface area contributed by atoms with Crippen molar-refractivity contribution in [2.45, 2.75) is 25.9 Å². The molecule has 3 rings (SSSR count). The minimum absolute atomic E-state index is 0.0601. The lowest BCUT2D eigenvalue weighted by molar-refractivity contribution is 0.256.